The third-order valence-corrected chi connectivity index (χ3v) is 4.70. The lowest BCUT2D eigenvalue weighted by molar-refractivity contribution is -0.115. The van der Waals surface area contributed by atoms with E-state index in [0.717, 1.165) is 23.4 Å². The van der Waals surface area contributed by atoms with Gasteiger partial charge in [-0.3, -0.25) is 4.79 Å². The molecule has 110 valence electrons. The van der Waals surface area contributed by atoms with Gasteiger partial charge in [-0.2, -0.15) is 0 Å². The summed E-state index contributed by atoms with van der Waals surface area (Å²) >= 11 is 1.47. The van der Waals surface area contributed by atoms with E-state index in [1.54, 1.807) is 7.11 Å². The topological polar surface area (TPSA) is 64.3 Å². The Kier molecular flexibility index (Phi) is 5.73. The maximum absolute atomic E-state index is 10.9. The number of hydrogen-bond acceptors (Lipinski definition) is 4. The van der Waals surface area contributed by atoms with Gasteiger partial charge in [0.2, 0.25) is 5.91 Å². The van der Waals surface area contributed by atoms with Gasteiger partial charge in [-0.25, -0.2) is 0 Å². The lowest BCUT2D eigenvalue weighted by Gasteiger charge is -2.32. The number of hydrogen-bond donors (Lipinski definition) is 2. The molecule has 0 heterocycles. The van der Waals surface area contributed by atoms with Crippen molar-refractivity contribution in [2.45, 2.75) is 42.7 Å². The number of primary amides is 1. The molecule has 3 N–H and O–H groups in total. The molecule has 1 saturated carbocycles. The smallest absolute Gasteiger partial charge is 0.227 e. The van der Waals surface area contributed by atoms with Gasteiger partial charge >= 0.3 is 0 Å². The number of para-hydroxylation sites is 1. The summed E-state index contributed by atoms with van der Waals surface area (Å²) in [6.07, 6.45) is 4.94. The normalized spacial score (nSPS) is 22.4. The molecular formula is C15H22N2O2S. The first-order chi connectivity index (χ1) is 9.70. The van der Waals surface area contributed by atoms with Crippen molar-refractivity contribution in [3.63, 3.8) is 0 Å². The number of rotatable bonds is 6. The van der Waals surface area contributed by atoms with Crippen LogP contribution in [0.5, 0.6) is 0 Å². The van der Waals surface area contributed by atoms with E-state index in [1.807, 2.05) is 24.3 Å². The highest BCUT2D eigenvalue weighted by atomic mass is 32.2. The minimum atomic E-state index is -0.294. The van der Waals surface area contributed by atoms with Crippen molar-refractivity contribution < 1.29 is 9.53 Å². The number of ether oxygens (including phenoxy) is 1. The maximum atomic E-state index is 10.9. The van der Waals surface area contributed by atoms with Gasteiger partial charge in [-0.1, -0.05) is 25.0 Å². The van der Waals surface area contributed by atoms with Gasteiger partial charge in [0.15, 0.2) is 0 Å². The standard InChI is InChI=1S/C15H22N2O2S/c1-19-13-8-4-2-6-11(13)17-12-7-3-5-9-14(12)20-10-15(16)18/h3,5,7,9,11,13,17H,2,4,6,8,10H2,1H3,(H2,16,18). The largest absolute Gasteiger partial charge is 0.379 e. The van der Waals surface area contributed by atoms with Crippen LogP contribution < -0.4 is 11.1 Å². The summed E-state index contributed by atoms with van der Waals surface area (Å²) in [5.74, 6) is 0.00842. The zero-order chi connectivity index (χ0) is 14.4. The van der Waals surface area contributed by atoms with Crippen LogP contribution >= 0.6 is 11.8 Å². The Morgan fingerprint density at radius 2 is 2.15 bits per heavy atom. The summed E-state index contributed by atoms with van der Waals surface area (Å²) in [6.45, 7) is 0. The van der Waals surface area contributed by atoms with E-state index in [0.29, 0.717) is 11.8 Å². The van der Waals surface area contributed by atoms with Gasteiger partial charge in [0.05, 0.1) is 17.9 Å². The van der Waals surface area contributed by atoms with Crippen molar-refractivity contribution in [3.8, 4) is 0 Å². The van der Waals surface area contributed by atoms with E-state index in [-0.39, 0.29) is 12.0 Å². The number of nitrogens with two attached hydrogens (primary N) is 1. The second-order valence-corrected chi connectivity index (χ2v) is 6.08. The van der Waals surface area contributed by atoms with E-state index in [2.05, 4.69) is 5.32 Å². The average Bonchev–Trinajstić information content (AvgIpc) is 2.47. The summed E-state index contributed by atoms with van der Waals surface area (Å²) in [5, 5.41) is 3.58. The summed E-state index contributed by atoms with van der Waals surface area (Å²) < 4.78 is 5.57. The molecule has 1 aliphatic carbocycles. The lowest BCUT2D eigenvalue weighted by Crippen LogP contribution is -2.37. The highest BCUT2D eigenvalue weighted by Crippen LogP contribution is 2.30. The molecule has 0 aromatic heterocycles. The number of methoxy groups -OCH3 is 1. The SMILES string of the molecule is COC1CCCCC1Nc1ccccc1SCC(N)=O. The number of amides is 1. The van der Waals surface area contributed by atoms with Crippen molar-refractivity contribution >= 4 is 23.4 Å². The molecule has 4 nitrogen and oxygen atoms in total. The number of carbonyl (C=O) groups excluding carboxylic acids is 1. The van der Waals surface area contributed by atoms with Gasteiger partial charge in [-0.15, -0.1) is 11.8 Å². The Hall–Kier alpha value is -1.20. The van der Waals surface area contributed by atoms with Gasteiger partial charge in [0.25, 0.3) is 0 Å². The number of benzene rings is 1. The van der Waals surface area contributed by atoms with E-state index >= 15 is 0 Å². The van der Waals surface area contributed by atoms with Crippen molar-refractivity contribution in [2.24, 2.45) is 5.73 Å². The predicted molar refractivity (Wildman–Crippen MR) is 83.0 cm³/mol. The molecular weight excluding hydrogens is 272 g/mol. The molecule has 1 amide bonds. The molecule has 2 rings (SSSR count). The first-order valence-corrected chi connectivity index (χ1v) is 7.98. The van der Waals surface area contributed by atoms with Crippen LogP contribution in [0.15, 0.2) is 29.2 Å². The van der Waals surface area contributed by atoms with Crippen molar-refractivity contribution in [3.05, 3.63) is 24.3 Å². The van der Waals surface area contributed by atoms with Crippen LogP contribution in [0.4, 0.5) is 5.69 Å². The van der Waals surface area contributed by atoms with E-state index in [1.165, 1.54) is 24.6 Å². The van der Waals surface area contributed by atoms with Crippen molar-refractivity contribution in [1.82, 2.24) is 0 Å². The second-order valence-electron chi connectivity index (χ2n) is 5.06. The Labute approximate surface area is 124 Å². The quantitative estimate of drug-likeness (QED) is 0.792. The fourth-order valence-corrected chi connectivity index (χ4v) is 3.36. The van der Waals surface area contributed by atoms with Crippen molar-refractivity contribution in [2.75, 3.05) is 18.2 Å². The molecule has 0 aliphatic heterocycles. The Balaban J connectivity index is 2.05. The zero-order valence-electron chi connectivity index (χ0n) is 11.8. The molecule has 0 saturated heterocycles. The molecule has 1 fully saturated rings. The lowest BCUT2D eigenvalue weighted by atomic mass is 9.92. The molecule has 20 heavy (non-hydrogen) atoms. The maximum Gasteiger partial charge on any atom is 0.227 e. The average molecular weight is 294 g/mol. The van der Waals surface area contributed by atoms with Crippen LogP contribution in [0.1, 0.15) is 25.7 Å². The van der Waals surface area contributed by atoms with Crippen LogP contribution in [0.2, 0.25) is 0 Å². The van der Waals surface area contributed by atoms with E-state index in [9.17, 15) is 4.79 Å². The second kappa shape index (κ2) is 7.55. The minimum absolute atomic E-state index is 0.262. The van der Waals surface area contributed by atoms with Crippen LogP contribution in [0.3, 0.4) is 0 Å². The fourth-order valence-electron chi connectivity index (χ4n) is 2.60. The summed E-state index contributed by atoms with van der Waals surface area (Å²) in [4.78, 5) is 12.0. The predicted octanol–water partition coefficient (Wildman–Crippen LogP) is 2.63. The van der Waals surface area contributed by atoms with Crippen LogP contribution in [0.25, 0.3) is 0 Å². The molecule has 0 bridgehead atoms. The summed E-state index contributed by atoms with van der Waals surface area (Å²) in [5.41, 5.74) is 6.28. The number of thioether (sulfide) groups is 1. The molecule has 1 aromatic rings. The highest BCUT2D eigenvalue weighted by molar-refractivity contribution is 8.00. The van der Waals surface area contributed by atoms with Crippen LogP contribution in [-0.4, -0.2) is 30.9 Å². The van der Waals surface area contributed by atoms with E-state index < -0.39 is 0 Å². The fraction of sp³-hybridized carbons (Fsp3) is 0.533. The van der Waals surface area contributed by atoms with Crippen molar-refractivity contribution in [1.29, 1.82) is 0 Å². The molecule has 1 aromatic carbocycles. The van der Waals surface area contributed by atoms with Gasteiger partial charge in [0, 0.05) is 17.7 Å². The minimum Gasteiger partial charge on any atom is -0.379 e. The van der Waals surface area contributed by atoms with Crippen LogP contribution in [-0.2, 0) is 9.53 Å². The Morgan fingerprint density at radius 1 is 1.40 bits per heavy atom. The molecule has 5 heteroatoms. The first kappa shape index (κ1) is 15.2. The van der Waals surface area contributed by atoms with Gasteiger partial charge < -0.3 is 15.8 Å². The molecule has 1 aliphatic rings. The first-order valence-electron chi connectivity index (χ1n) is 7.00. The summed E-state index contributed by atoms with van der Waals surface area (Å²) in [6, 6.07) is 8.37. The third-order valence-electron chi connectivity index (χ3n) is 3.60. The molecule has 2 atom stereocenters. The monoisotopic (exact) mass is 294 g/mol. The summed E-state index contributed by atoms with van der Waals surface area (Å²) in [7, 11) is 1.78. The number of carbonyl (C=O) groups is 1. The number of anilines is 1. The Bertz CT molecular complexity index is 453. The zero-order valence-corrected chi connectivity index (χ0v) is 12.6. The van der Waals surface area contributed by atoms with Gasteiger partial charge in [0.1, 0.15) is 0 Å². The highest BCUT2D eigenvalue weighted by Gasteiger charge is 2.25. The molecule has 2 unspecified atom stereocenters. The number of nitrogens with one attached hydrogen (secondary N) is 1. The van der Waals surface area contributed by atoms with E-state index in [4.69, 9.17) is 10.5 Å². The third kappa shape index (κ3) is 4.15. The molecule has 0 spiro atoms. The van der Waals surface area contributed by atoms with Crippen LogP contribution in [0, 0.1) is 0 Å². The molecule has 0 radical (unpaired) electrons. The van der Waals surface area contributed by atoms with Gasteiger partial charge in [-0.05, 0) is 25.0 Å². The Morgan fingerprint density at radius 3 is 2.90 bits per heavy atom.